The van der Waals surface area contributed by atoms with Gasteiger partial charge in [-0.25, -0.2) is 4.79 Å². The fraction of sp³-hybridized carbons (Fsp3) is 0.571. The molecule has 1 N–H and O–H groups in total. The van der Waals surface area contributed by atoms with Crippen molar-refractivity contribution in [1.29, 1.82) is 0 Å². The van der Waals surface area contributed by atoms with Crippen LogP contribution in [-0.2, 0) is 4.74 Å². The van der Waals surface area contributed by atoms with Gasteiger partial charge in [0.05, 0.1) is 11.8 Å². The molecule has 1 aliphatic rings. The van der Waals surface area contributed by atoms with Crippen molar-refractivity contribution in [3.05, 3.63) is 23.5 Å². The molecule has 1 saturated heterocycles. The van der Waals surface area contributed by atoms with Crippen LogP contribution in [0.1, 0.15) is 35.8 Å². The second kappa shape index (κ2) is 6.02. The van der Waals surface area contributed by atoms with Crippen molar-refractivity contribution < 1.29 is 14.6 Å². The normalized spacial score (nSPS) is 16.6. The molecule has 0 radical (unpaired) electrons. The van der Waals surface area contributed by atoms with Gasteiger partial charge in [0, 0.05) is 31.6 Å². The molecule has 0 spiro atoms. The summed E-state index contributed by atoms with van der Waals surface area (Å²) in [7, 11) is 0. The van der Waals surface area contributed by atoms with Gasteiger partial charge >= 0.3 is 5.97 Å². The Balaban J connectivity index is 2.14. The second-order valence-corrected chi connectivity index (χ2v) is 4.79. The number of carboxylic acid groups (broad SMARTS) is 1. The minimum Gasteiger partial charge on any atom is -0.478 e. The van der Waals surface area contributed by atoms with Gasteiger partial charge in [-0.1, -0.05) is 0 Å². The summed E-state index contributed by atoms with van der Waals surface area (Å²) in [6.45, 7) is 6.27. The Kier molecular flexibility index (Phi) is 4.37. The lowest BCUT2D eigenvalue weighted by molar-refractivity contribution is 0.0459. The van der Waals surface area contributed by atoms with E-state index in [0.717, 1.165) is 43.9 Å². The number of aromatic carboxylic acids is 1. The molecule has 0 aliphatic carbocycles. The number of rotatable bonds is 4. The van der Waals surface area contributed by atoms with Gasteiger partial charge in [0.25, 0.3) is 0 Å². The highest BCUT2D eigenvalue weighted by atomic mass is 16.5. The van der Waals surface area contributed by atoms with Crippen molar-refractivity contribution in [3.8, 4) is 0 Å². The maximum absolute atomic E-state index is 11.3. The number of hydrogen-bond acceptors (Lipinski definition) is 4. The molecule has 0 aromatic carbocycles. The van der Waals surface area contributed by atoms with E-state index in [1.54, 1.807) is 0 Å². The number of ether oxygens (including phenoxy) is 1. The summed E-state index contributed by atoms with van der Waals surface area (Å²) in [6, 6.07) is 1.85. The number of pyridine rings is 1. The van der Waals surface area contributed by atoms with Crippen molar-refractivity contribution in [2.24, 2.45) is 0 Å². The quantitative estimate of drug-likeness (QED) is 0.902. The van der Waals surface area contributed by atoms with Crippen LogP contribution in [0.5, 0.6) is 0 Å². The van der Waals surface area contributed by atoms with Crippen LogP contribution in [0.25, 0.3) is 0 Å². The van der Waals surface area contributed by atoms with E-state index in [1.165, 1.54) is 6.20 Å². The summed E-state index contributed by atoms with van der Waals surface area (Å²) in [5.41, 5.74) is 1.89. The topological polar surface area (TPSA) is 62.7 Å². The van der Waals surface area contributed by atoms with Crippen LogP contribution in [0.3, 0.4) is 0 Å². The highest BCUT2D eigenvalue weighted by Crippen LogP contribution is 2.25. The molecule has 5 nitrogen and oxygen atoms in total. The number of carbonyl (C=O) groups is 1. The van der Waals surface area contributed by atoms with E-state index in [1.807, 2.05) is 19.9 Å². The van der Waals surface area contributed by atoms with E-state index in [2.05, 4.69) is 9.88 Å². The highest BCUT2D eigenvalue weighted by molar-refractivity contribution is 5.94. The number of carboxylic acids is 1. The van der Waals surface area contributed by atoms with Crippen molar-refractivity contribution in [2.75, 3.05) is 24.6 Å². The van der Waals surface area contributed by atoms with E-state index in [0.29, 0.717) is 6.10 Å². The van der Waals surface area contributed by atoms with E-state index in [9.17, 15) is 9.90 Å². The van der Waals surface area contributed by atoms with Gasteiger partial charge in [-0.3, -0.25) is 4.98 Å². The zero-order valence-electron chi connectivity index (χ0n) is 11.4. The van der Waals surface area contributed by atoms with Crippen molar-refractivity contribution in [3.63, 3.8) is 0 Å². The third kappa shape index (κ3) is 3.23. The first-order valence-corrected chi connectivity index (χ1v) is 6.68. The molecule has 0 unspecified atom stereocenters. The molecule has 2 heterocycles. The molecular weight excluding hydrogens is 244 g/mol. The van der Waals surface area contributed by atoms with E-state index >= 15 is 0 Å². The SMILES string of the molecule is CCOC1CCN(c2cc(C)ncc2C(=O)O)CC1. The first-order valence-electron chi connectivity index (χ1n) is 6.68. The van der Waals surface area contributed by atoms with E-state index in [-0.39, 0.29) is 5.56 Å². The minimum absolute atomic E-state index is 0.278. The molecule has 1 aromatic rings. The Labute approximate surface area is 113 Å². The van der Waals surface area contributed by atoms with Gasteiger partial charge in [-0.05, 0) is 32.8 Å². The molecule has 1 fully saturated rings. The zero-order chi connectivity index (χ0) is 13.8. The average molecular weight is 264 g/mol. The van der Waals surface area contributed by atoms with Crippen LogP contribution in [0, 0.1) is 6.92 Å². The monoisotopic (exact) mass is 264 g/mol. The predicted molar refractivity (Wildman–Crippen MR) is 72.8 cm³/mol. The predicted octanol–water partition coefficient (Wildman–Crippen LogP) is 2.09. The molecule has 0 bridgehead atoms. The van der Waals surface area contributed by atoms with Gasteiger partial charge in [0.15, 0.2) is 0 Å². The summed E-state index contributed by atoms with van der Waals surface area (Å²) in [5, 5.41) is 9.23. The van der Waals surface area contributed by atoms with Gasteiger partial charge in [-0.2, -0.15) is 0 Å². The Bertz CT molecular complexity index is 454. The van der Waals surface area contributed by atoms with Crippen LogP contribution in [-0.4, -0.2) is 41.9 Å². The number of aromatic nitrogens is 1. The summed E-state index contributed by atoms with van der Waals surface area (Å²) in [6.07, 6.45) is 3.63. The highest BCUT2D eigenvalue weighted by Gasteiger charge is 2.23. The van der Waals surface area contributed by atoms with Crippen LogP contribution in [0.2, 0.25) is 0 Å². The molecular formula is C14H20N2O3. The maximum Gasteiger partial charge on any atom is 0.339 e. The molecule has 104 valence electrons. The van der Waals surface area contributed by atoms with Gasteiger partial charge < -0.3 is 14.7 Å². The van der Waals surface area contributed by atoms with Crippen molar-refractivity contribution in [2.45, 2.75) is 32.8 Å². The third-order valence-corrected chi connectivity index (χ3v) is 3.43. The smallest absolute Gasteiger partial charge is 0.339 e. The van der Waals surface area contributed by atoms with E-state index < -0.39 is 5.97 Å². The maximum atomic E-state index is 11.3. The second-order valence-electron chi connectivity index (χ2n) is 4.79. The average Bonchev–Trinajstić information content (AvgIpc) is 2.39. The lowest BCUT2D eigenvalue weighted by Crippen LogP contribution is -2.37. The zero-order valence-corrected chi connectivity index (χ0v) is 11.4. The fourth-order valence-corrected chi connectivity index (χ4v) is 2.47. The summed E-state index contributed by atoms with van der Waals surface area (Å²) >= 11 is 0. The van der Waals surface area contributed by atoms with Crippen LogP contribution >= 0.6 is 0 Å². The Morgan fingerprint density at radius 1 is 1.53 bits per heavy atom. The molecule has 0 saturated carbocycles. The van der Waals surface area contributed by atoms with Gasteiger partial charge in [0.2, 0.25) is 0 Å². The van der Waals surface area contributed by atoms with E-state index in [4.69, 9.17) is 4.74 Å². The third-order valence-electron chi connectivity index (χ3n) is 3.43. The summed E-state index contributed by atoms with van der Waals surface area (Å²) in [5.74, 6) is -0.922. The standard InChI is InChI=1S/C14H20N2O3/c1-3-19-11-4-6-16(7-5-11)13-8-10(2)15-9-12(13)14(17)18/h8-9,11H,3-7H2,1-2H3,(H,17,18). The number of anilines is 1. The molecule has 2 rings (SSSR count). The summed E-state index contributed by atoms with van der Waals surface area (Å²) in [4.78, 5) is 17.4. The van der Waals surface area contributed by atoms with Gasteiger partial charge in [-0.15, -0.1) is 0 Å². The largest absolute Gasteiger partial charge is 0.478 e. The fourth-order valence-electron chi connectivity index (χ4n) is 2.47. The molecule has 1 aromatic heterocycles. The van der Waals surface area contributed by atoms with Crippen molar-refractivity contribution in [1.82, 2.24) is 4.98 Å². The van der Waals surface area contributed by atoms with Crippen molar-refractivity contribution >= 4 is 11.7 Å². The first kappa shape index (κ1) is 13.8. The number of hydrogen-bond donors (Lipinski definition) is 1. The molecule has 19 heavy (non-hydrogen) atoms. The van der Waals surface area contributed by atoms with Crippen LogP contribution < -0.4 is 4.90 Å². The Hall–Kier alpha value is -1.62. The molecule has 0 atom stereocenters. The molecule has 0 amide bonds. The first-order chi connectivity index (χ1) is 9.11. The molecule has 5 heteroatoms. The Morgan fingerprint density at radius 2 is 2.21 bits per heavy atom. The lowest BCUT2D eigenvalue weighted by Gasteiger charge is -2.34. The Morgan fingerprint density at radius 3 is 2.79 bits per heavy atom. The van der Waals surface area contributed by atoms with Crippen LogP contribution in [0.15, 0.2) is 12.3 Å². The molecule has 1 aliphatic heterocycles. The number of piperidine rings is 1. The minimum atomic E-state index is -0.922. The summed E-state index contributed by atoms with van der Waals surface area (Å²) < 4.78 is 5.61. The lowest BCUT2D eigenvalue weighted by atomic mass is 10.1. The number of nitrogens with zero attached hydrogens (tertiary/aromatic N) is 2. The van der Waals surface area contributed by atoms with Gasteiger partial charge in [0.1, 0.15) is 5.56 Å². The number of aryl methyl sites for hydroxylation is 1. The van der Waals surface area contributed by atoms with Crippen LogP contribution in [0.4, 0.5) is 5.69 Å².